The van der Waals surface area contributed by atoms with E-state index in [0.29, 0.717) is 0 Å². The van der Waals surface area contributed by atoms with E-state index in [1.54, 1.807) is 11.0 Å². The second kappa shape index (κ2) is 1.94. The van der Waals surface area contributed by atoms with Crippen LogP contribution in [0.5, 0.6) is 0 Å². The van der Waals surface area contributed by atoms with E-state index in [2.05, 4.69) is 17.1 Å². The van der Waals surface area contributed by atoms with E-state index in [9.17, 15) is 0 Å². The van der Waals surface area contributed by atoms with Crippen LogP contribution in [0.3, 0.4) is 0 Å². The number of hydrogen-bond donors (Lipinski definition) is 0. The Bertz CT molecular complexity index is 168. The van der Waals surface area contributed by atoms with Crippen molar-refractivity contribution in [2.75, 3.05) is 0 Å². The highest BCUT2D eigenvalue weighted by Crippen LogP contribution is 1.88. The molecule has 0 spiro atoms. The minimum absolute atomic E-state index is 0.966. The molecule has 0 aliphatic rings. The van der Waals surface area contributed by atoms with Crippen molar-refractivity contribution in [1.82, 2.24) is 15.0 Å². The summed E-state index contributed by atoms with van der Waals surface area (Å²) in [4.78, 5) is 1.57. The van der Waals surface area contributed by atoms with Crippen molar-refractivity contribution in [2.45, 2.75) is 13.3 Å². The molecule has 1 rings (SSSR count). The topological polar surface area (TPSA) is 30.7 Å². The van der Waals surface area contributed by atoms with Gasteiger partial charge in [0, 0.05) is 7.05 Å². The van der Waals surface area contributed by atoms with Gasteiger partial charge >= 0.3 is 0 Å². The first-order valence-corrected chi connectivity index (χ1v) is 2.68. The molecule has 0 fully saturated rings. The van der Waals surface area contributed by atoms with Gasteiger partial charge in [-0.3, -0.25) is 0 Å². The van der Waals surface area contributed by atoms with Crippen LogP contribution in [0.1, 0.15) is 12.6 Å². The molecule has 1 aromatic heterocycles. The molecule has 0 bridgehead atoms. The maximum absolute atomic E-state index is 4.03. The first kappa shape index (κ1) is 5.28. The van der Waals surface area contributed by atoms with Gasteiger partial charge in [0.15, 0.2) is 0 Å². The SMILES string of the molecule is CCc1cnn(C)n1. The van der Waals surface area contributed by atoms with Crippen molar-refractivity contribution in [2.24, 2.45) is 7.05 Å². The Morgan fingerprint density at radius 1 is 1.75 bits per heavy atom. The largest absolute Gasteiger partial charge is 0.188 e. The quantitative estimate of drug-likeness (QED) is 0.524. The first-order chi connectivity index (χ1) is 3.83. The fraction of sp³-hybridized carbons (Fsp3) is 0.600. The Morgan fingerprint density at radius 2 is 2.50 bits per heavy atom. The van der Waals surface area contributed by atoms with E-state index < -0.39 is 0 Å². The van der Waals surface area contributed by atoms with Crippen molar-refractivity contribution < 1.29 is 0 Å². The van der Waals surface area contributed by atoms with E-state index in [4.69, 9.17) is 0 Å². The van der Waals surface area contributed by atoms with E-state index in [-0.39, 0.29) is 0 Å². The molecule has 3 nitrogen and oxygen atoms in total. The molecule has 1 heterocycles. The van der Waals surface area contributed by atoms with Gasteiger partial charge in [-0.1, -0.05) is 6.92 Å². The van der Waals surface area contributed by atoms with E-state index >= 15 is 0 Å². The van der Waals surface area contributed by atoms with Gasteiger partial charge in [-0.25, -0.2) is 0 Å². The van der Waals surface area contributed by atoms with Crippen LogP contribution >= 0.6 is 0 Å². The molecular weight excluding hydrogens is 102 g/mol. The second-order valence-electron chi connectivity index (χ2n) is 1.68. The molecule has 44 valence electrons. The summed E-state index contributed by atoms with van der Waals surface area (Å²) in [5.74, 6) is 0. The lowest BCUT2D eigenvalue weighted by Crippen LogP contribution is -1.92. The molecule has 1 aromatic rings. The minimum atomic E-state index is 0.966. The Hall–Kier alpha value is -0.860. The van der Waals surface area contributed by atoms with Crippen LogP contribution < -0.4 is 0 Å². The maximum Gasteiger partial charge on any atom is 0.0824 e. The Morgan fingerprint density at radius 3 is 2.75 bits per heavy atom. The Balaban J connectivity index is 2.84. The lowest BCUT2D eigenvalue weighted by atomic mass is 10.4. The predicted octanol–water partition coefficient (Wildman–Crippen LogP) is 0.377. The molecule has 0 unspecified atom stereocenters. The van der Waals surface area contributed by atoms with Gasteiger partial charge in [0.05, 0.1) is 11.9 Å². The fourth-order valence-electron chi connectivity index (χ4n) is 0.550. The summed E-state index contributed by atoms with van der Waals surface area (Å²) < 4.78 is 0. The van der Waals surface area contributed by atoms with Crippen molar-refractivity contribution >= 4 is 0 Å². The number of rotatable bonds is 1. The van der Waals surface area contributed by atoms with Crippen LogP contribution in [-0.4, -0.2) is 15.0 Å². The molecule has 0 atom stereocenters. The van der Waals surface area contributed by atoms with E-state index in [1.165, 1.54) is 0 Å². The summed E-state index contributed by atoms with van der Waals surface area (Å²) in [7, 11) is 1.82. The summed E-state index contributed by atoms with van der Waals surface area (Å²) in [5.41, 5.74) is 1.05. The summed E-state index contributed by atoms with van der Waals surface area (Å²) in [6.45, 7) is 2.06. The van der Waals surface area contributed by atoms with Gasteiger partial charge < -0.3 is 0 Å². The van der Waals surface area contributed by atoms with Crippen molar-refractivity contribution in [3.05, 3.63) is 11.9 Å². The summed E-state index contributed by atoms with van der Waals surface area (Å²) in [5, 5.41) is 7.93. The molecule has 3 heteroatoms. The molecule has 8 heavy (non-hydrogen) atoms. The summed E-state index contributed by atoms with van der Waals surface area (Å²) in [6.07, 6.45) is 2.74. The van der Waals surface area contributed by atoms with Crippen LogP contribution in [0.15, 0.2) is 6.20 Å². The zero-order valence-corrected chi connectivity index (χ0v) is 5.13. The highest BCUT2D eigenvalue weighted by Gasteiger charge is 1.89. The van der Waals surface area contributed by atoms with Gasteiger partial charge in [-0.15, -0.1) is 0 Å². The number of aromatic nitrogens is 3. The Labute approximate surface area is 48.3 Å². The number of aryl methyl sites for hydroxylation is 2. The zero-order valence-electron chi connectivity index (χ0n) is 5.13. The van der Waals surface area contributed by atoms with Crippen LogP contribution in [-0.2, 0) is 13.5 Å². The first-order valence-electron chi connectivity index (χ1n) is 2.68. The average Bonchev–Trinajstić information content (AvgIpc) is 2.14. The number of hydrogen-bond acceptors (Lipinski definition) is 2. The molecule has 0 aromatic carbocycles. The smallest absolute Gasteiger partial charge is 0.0824 e. The molecule has 0 saturated heterocycles. The molecule has 0 aliphatic heterocycles. The lowest BCUT2D eigenvalue weighted by molar-refractivity contribution is 0.646. The molecule has 0 N–H and O–H groups in total. The lowest BCUT2D eigenvalue weighted by Gasteiger charge is -1.80. The Kier molecular flexibility index (Phi) is 1.28. The van der Waals surface area contributed by atoms with Gasteiger partial charge in [0.1, 0.15) is 0 Å². The normalized spacial score (nSPS) is 9.75. The van der Waals surface area contributed by atoms with E-state index in [1.807, 2.05) is 7.05 Å². The summed E-state index contributed by atoms with van der Waals surface area (Å²) >= 11 is 0. The standard InChI is InChI=1S/C5H9N3/c1-3-5-4-6-8(2)7-5/h4H,3H2,1-2H3. The van der Waals surface area contributed by atoms with Crippen molar-refractivity contribution in [3.63, 3.8) is 0 Å². The van der Waals surface area contributed by atoms with Gasteiger partial charge in [0.25, 0.3) is 0 Å². The molecule has 0 aliphatic carbocycles. The monoisotopic (exact) mass is 111 g/mol. The fourth-order valence-corrected chi connectivity index (χ4v) is 0.550. The predicted molar refractivity (Wildman–Crippen MR) is 30.4 cm³/mol. The highest BCUT2D eigenvalue weighted by molar-refractivity contribution is 4.88. The third kappa shape index (κ3) is 0.857. The second-order valence-corrected chi connectivity index (χ2v) is 1.68. The molecule has 0 saturated carbocycles. The zero-order chi connectivity index (χ0) is 5.98. The van der Waals surface area contributed by atoms with Gasteiger partial charge in [0.2, 0.25) is 0 Å². The van der Waals surface area contributed by atoms with E-state index in [0.717, 1.165) is 12.1 Å². The molecular formula is C5H9N3. The van der Waals surface area contributed by atoms with Crippen LogP contribution in [0, 0.1) is 0 Å². The van der Waals surface area contributed by atoms with Gasteiger partial charge in [-0.05, 0) is 6.42 Å². The summed E-state index contributed by atoms with van der Waals surface area (Å²) in [6, 6.07) is 0. The van der Waals surface area contributed by atoms with Gasteiger partial charge in [-0.2, -0.15) is 15.0 Å². The van der Waals surface area contributed by atoms with Crippen LogP contribution in [0.25, 0.3) is 0 Å². The third-order valence-electron chi connectivity index (χ3n) is 1.01. The minimum Gasteiger partial charge on any atom is -0.188 e. The third-order valence-corrected chi connectivity index (χ3v) is 1.01. The van der Waals surface area contributed by atoms with Crippen LogP contribution in [0.4, 0.5) is 0 Å². The number of nitrogens with zero attached hydrogens (tertiary/aromatic N) is 3. The van der Waals surface area contributed by atoms with Crippen molar-refractivity contribution in [1.29, 1.82) is 0 Å². The maximum atomic E-state index is 4.03. The molecule has 0 amide bonds. The van der Waals surface area contributed by atoms with Crippen LogP contribution in [0.2, 0.25) is 0 Å². The molecule has 0 radical (unpaired) electrons. The van der Waals surface area contributed by atoms with Crippen molar-refractivity contribution in [3.8, 4) is 0 Å². The highest BCUT2D eigenvalue weighted by atomic mass is 15.4. The average molecular weight is 111 g/mol.